The van der Waals surface area contributed by atoms with E-state index in [0.717, 1.165) is 22.0 Å². The van der Waals surface area contributed by atoms with Crippen LogP contribution in [0.1, 0.15) is 25.5 Å². The van der Waals surface area contributed by atoms with E-state index in [1.54, 1.807) is 6.07 Å². The summed E-state index contributed by atoms with van der Waals surface area (Å²) in [5.41, 5.74) is 1.16. The zero-order valence-corrected chi connectivity index (χ0v) is 11.9. The van der Waals surface area contributed by atoms with Crippen LogP contribution >= 0.6 is 11.8 Å². The molecular weight excluding hydrogens is 259 g/mol. The number of rotatable bonds is 5. The summed E-state index contributed by atoms with van der Waals surface area (Å²) in [6.07, 6.45) is 1.87. The van der Waals surface area contributed by atoms with E-state index >= 15 is 0 Å². The Kier molecular flexibility index (Phi) is 4.93. The highest BCUT2D eigenvalue weighted by atomic mass is 32.2. The Bertz CT molecular complexity index is 528. The van der Waals surface area contributed by atoms with Gasteiger partial charge in [-0.25, -0.2) is 9.37 Å². The van der Waals surface area contributed by atoms with Gasteiger partial charge in [0.1, 0.15) is 10.8 Å². The van der Waals surface area contributed by atoms with Gasteiger partial charge < -0.3 is 5.32 Å². The number of nitrogens with zero attached hydrogens (tertiary/aromatic N) is 1. The van der Waals surface area contributed by atoms with Crippen molar-refractivity contribution in [3.05, 3.63) is 54.0 Å². The Labute approximate surface area is 117 Å². The van der Waals surface area contributed by atoms with Crippen LogP contribution in [0, 0.1) is 5.82 Å². The highest BCUT2D eigenvalue weighted by molar-refractivity contribution is 7.99. The molecule has 0 saturated heterocycles. The third-order valence-electron chi connectivity index (χ3n) is 2.79. The van der Waals surface area contributed by atoms with Gasteiger partial charge in [0, 0.05) is 17.1 Å². The fraction of sp³-hybridized carbons (Fsp3) is 0.267. The molecule has 2 aromatic rings. The zero-order valence-electron chi connectivity index (χ0n) is 11.1. The molecule has 19 heavy (non-hydrogen) atoms. The zero-order chi connectivity index (χ0) is 13.7. The number of halogens is 1. The molecule has 0 saturated carbocycles. The molecule has 1 aromatic heterocycles. The van der Waals surface area contributed by atoms with E-state index in [1.807, 2.05) is 18.3 Å². The maximum Gasteiger partial charge on any atom is 0.124 e. The van der Waals surface area contributed by atoms with Crippen LogP contribution in [0.2, 0.25) is 0 Å². The fourth-order valence-electron chi connectivity index (χ4n) is 1.78. The van der Waals surface area contributed by atoms with Crippen molar-refractivity contribution >= 4 is 11.8 Å². The summed E-state index contributed by atoms with van der Waals surface area (Å²) in [6, 6.07) is 10.9. The highest BCUT2D eigenvalue weighted by Gasteiger charge is 2.05. The van der Waals surface area contributed by atoms with E-state index in [4.69, 9.17) is 0 Å². The number of benzene rings is 1. The first-order chi connectivity index (χ1) is 9.19. The van der Waals surface area contributed by atoms with Gasteiger partial charge in [-0.05, 0) is 43.3 Å². The summed E-state index contributed by atoms with van der Waals surface area (Å²) in [4.78, 5) is 5.27. The molecule has 1 aromatic carbocycles. The average Bonchev–Trinajstić information content (AvgIpc) is 2.40. The number of nitrogens with one attached hydrogen (secondary N) is 1. The first-order valence-electron chi connectivity index (χ1n) is 6.32. The molecule has 100 valence electrons. The second-order valence-electron chi connectivity index (χ2n) is 4.27. The van der Waals surface area contributed by atoms with Crippen LogP contribution in [0.3, 0.4) is 0 Å². The molecule has 0 spiro atoms. The van der Waals surface area contributed by atoms with Crippen molar-refractivity contribution in [2.45, 2.75) is 29.8 Å². The molecule has 1 N–H and O–H groups in total. The lowest BCUT2D eigenvalue weighted by molar-refractivity contribution is 0.595. The van der Waals surface area contributed by atoms with Crippen LogP contribution in [-0.2, 0) is 0 Å². The number of hydrogen-bond acceptors (Lipinski definition) is 3. The van der Waals surface area contributed by atoms with E-state index in [9.17, 15) is 4.39 Å². The Morgan fingerprint density at radius 3 is 2.79 bits per heavy atom. The van der Waals surface area contributed by atoms with Gasteiger partial charge in [-0.2, -0.15) is 0 Å². The van der Waals surface area contributed by atoms with Crippen molar-refractivity contribution in [1.29, 1.82) is 0 Å². The maximum absolute atomic E-state index is 13.1. The Balaban J connectivity index is 2.06. The summed E-state index contributed by atoms with van der Waals surface area (Å²) >= 11 is 1.46. The molecule has 4 heteroatoms. The Morgan fingerprint density at radius 2 is 2.16 bits per heavy atom. The van der Waals surface area contributed by atoms with Crippen molar-refractivity contribution in [3.8, 4) is 0 Å². The molecule has 0 bridgehead atoms. The number of pyridine rings is 1. The largest absolute Gasteiger partial charge is 0.310 e. The van der Waals surface area contributed by atoms with E-state index in [1.165, 1.54) is 23.9 Å². The summed E-state index contributed by atoms with van der Waals surface area (Å²) in [5, 5.41) is 4.22. The molecule has 0 aliphatic rings. The molecule has 1 heterocycles. The van der Waals surface area contributed by atoms with Crippen LogP contribution < -0.4 is 5.32 Å². The van der Waals surface area contributed by atoms with Crippen LogP contribution in [0.25, 0.3) is 0 Å². The Hall–Kier alpha value is -1.39. The summed E-state index contributed by atoms with van der Waals surface area (Å²) in [6.45, 7) is 5.12. The minimum absolute atomic E-state index is 0.220. The van der Waals surface area contributed by atoms with Gasteiger partial charge in [0.15, 0.2) is 0 Å². The second-order valence-corrected chi connectivity index (χ2v) is 5.36. The van der Waals surface area contributed by atoms with Crippen LogP contribution in [0.4, 0.5) is 4.39 Å². The smallest absolute Gasteiger partial charge is 0.124 e. The Morgan fingerprint density at radius 1 is 1.32 bits per heavy atom. The normalized spacial score (nSPS) is 12.4. The van der Waals surface area contributed by atoms with Gasteiger partial charge in [-0.3, -0.25) is 0 Å². The van der Waals surface area contributed by atoms with Gasteiger partial charge in [-0.15, -0.1) is 0 Å². The lowest BCUT2D eigenvalue weighted by atomic mass is 10.1. The molecule has 0 fully saturated rings. The van der Waals surface area contributed by atoms with Gasteiger partial charge in [0.25, 0.3) is 0 Å². The molecule has 1 unspecified atom stereocenters. The third kappa shape index (κ3) is 4.04. The molecule has 0 amide bonds. The van der Waals surface area contributed by atoms with E-state index < -0.39 is 0 Å². The van der Waals surface area contributed by atoms with Crippen molar-refractivity contribution in [2.75, 3.05) is 6.54 Å². The molecule has 0 radical (unpaired) electrons. The monoisotopic (exact) mass is 276 g/mol. The average molecular weight is 276 g/mol. The SMILES string of the molecule is CCNC(C)c1ccc(Sc2cccc(F)c2)nc1. The standard InChI is InChI=1S/C15H17FN2S/c1-3-17-11(2)12-7-8-15(18-10-12)19-14-6-4-5-13(16)9-14/h4-11,17H,3H2,1-2H3. The van der Waals surface area contributed by atoms with Crippen LogP contribution in [-0.4, -0.2) is 11.5 Å². The first kappa shape index (κ1) is 14.0. The molecular formula is C15H17FN2S. The minimum atomic E-state index is -0.220. The van der Waals surface area contributed by atoms with Crippen LogP contribution in [0.5, 0.6) is 0 Å². The topological polar surface area (TPSA) is 24.9 Å². The van der Waals surface area contributed by atoms with Crippen molar-refractivity contribution < 1.29 is 4.39 Å². The third-order valence-corrected chi connectivity index (χ3v) is 3.73. The summed E-state index contributed by atoms with van der Waals surface area (Å²) in [5.74, 6) is -0.220. The van der Waals surface area contributed by atoms with E-state index in [0.29, 0.717) is 6.04 Å². The van der Waals surface area contributed by atoms with E-state index in [-0.39, 0.29) is 5.82 Å². The fourth-order valence-corrected chi connectivity index (χ4v) is 2.58. The molecule has 1 atom stereocenters. The van der Waals surface area contributed by atoms with Crippen molar-refractivity contribution in [2.24, 2.45) is 0 Å². The van der Waals surface area contributed by atoms with Crippen LogP contribution in [0.15, 0.2) is 52.5 Å². The first-order valence-corrected chi connectivity index (χ1v) is 7.13. The molecule has 0 aliphatic carbocycles. The maximum atomic E-state index is 13.1. The van der Waals surface area contributed by atoms with Crippen molar-refractivity contribution in [3.63, 3.8) is 0 Å². The van der Waals surface area contributed by atoms with Gasteiger partial charge in [-0.1, -0.05) is 30.8 Å². The van der Waals surface area contributed by atoms with Gasteiger partial charge >= 0.3 is 0 Å². The van der Waals surface area contributed by atoms with Gasteiger partial charge in [0.05, 0.1) is 0 Å². The molecule has 2 rings (SSSR count). The van der Waals surface area contributed by atoms with E-state index in [2.05, 4.69) is 30.2 Å². The molecule has 0 aliphatic heterocycles. The highest BCUT2D eigenvalue weighted by Crippen LogP contribution is 2.26. The quantitative estimate of drug-likeness (QED) is 0.892. The molecule has 2 nitrogen and oxygen atoms in total. The predicted octanol–water partition coefficient (Wildman–Crippen LogP) is 4.04. The number of aromatic nitrogens is 1. The van der Waals surface area contributed by atoms with Gasteiger partial charge in [0.2, 0.25) is 0 Å². The second kappa shape index (κ2) is 6.68. The van der Waals surface area contributed by atoms with Crippen molar-refractivity contribution in [1.82, 2.24) is 10.3 Å². The number of hydrogen-bond donors (Lipinski definition) is 1. The predicted molar refractivity (Wildman–Crippen MR) is 76.9 cm³/mol. The summed E-state index contributed by atoms with van der Waals surface area (Å²) in [7, 11) is 0. The lowest BCUT2D eigenvalue weighted by Crippen LogP contribution is -2.17. The minimum Gasteiger partial charge on any atom is -0.310 e. The summed E-state index contributed by atoms with van der Waals surface area (Å²) < 4.78 is 13.1. The lowest BCUT2D eigenvalue weighted by Gasteiger charge is -2.12.